The summed E-state index contributed by atoms with van der Waals surface area (Å²) in [7, 11) is 1.69. The molecule has 0 unspecified atom stereocenters. The molecule has 2 N–H and O–H groups in total. The van der Waals surface area contributed by atoms with Crippen LogP contribution in [0.1, 0.15) is 19.8 Å². The minimum Gasteiger partial charge on any atom is -0.493 e. The third-order valence-electron chi connectivity index (χ3n) is 3.73. The van der Waals surface area contributed by atoms with Gasteiger partial charge in [-0.1, -0.05) is 6.92 Å². The maximum absolute atomic E-state index is 5.82. The molecule has 0 amide bonds. The highest BCUT2D eigenvalue weighted by atomic mass is 16.5. The number of ether oxygens (including phenoxy) is 1. The van der Waals surface area contributed by atoms with Crippen LogP contribution in [0.5, 0.6) is 5.75 Å². The minimum atomic E-state index is 0.290. The number of pyridine rings is 1. The van der Waals surface area contributed by atoms with Crippen LogP contribution in [0.4, 0.5) is 5.82 Å². The van der Waals surface area contributed by atoms with Gasteiger partial charge in [0.2, 0.25) is 0 Å². The number of nitrogens with zero attached hydrogens (tertiary/aromatic N) is 2. The molecule has 1 aromatic heterocycles. The molecule has 4 nitrogen and oxygen atoms in total. The van der Waals surface area contributed by atoms with Gasteiger partial charge in [-0.05, 0) is 36.9 Å². The van der Waals surface area contributed by atoms with Crippen molar-refractivity contribution in [3.8, 4) is 5.75 Å². The van der Waals surface area contributed by atoms with Crippen molar-refractivity contribution in [1.29, 1.82) is 0 Å². The van der Waals surface area contributed by atoms with Gasteiger partial charge in [0, 0.05) is 19.3 Å². The first kappa shape index (κ1) is 12.2. The summed E-state index contributed by atoms with van der Waals surface area (Å²) in [4.78, 5) is 6.70. The van der Waals surface area contributed by atoms with Crippen molar-refractivity contribution in [3.05, 3.63) is 18.3 Å². The van der Waals surface area contributed by atoms with Crippen LogP contribution in [0.2, 0.25) is 0 Å². The Balaban J connectivity index is 2.10. The van der Waals surface area contributed by atoms with E-state index in [4.69, 9.17) is 10.5 Å². The van der Waals surface area contributed by atoms with Gasteiger partial charge in [-0.3, -0.25) is 0 Å². The molecule has 1 aromatic rings. The lowest BCUT2D eigenvalue weighted by atomic mass is 9.80. The molecule has 17 heavy (non-hydrogen) atoms. The van der Waals surface area contributed by atoms with E-state index in [1.165, 1.54) is 0 Å². The molecule has 1 saturated heterocycles. The lowest BCUT2D eigenvalue weighted by molar-refractivity contribution is 0.257. The van der Waals surface area contributed by atoms with Crippen LogP contribution in [-0.2, 0) is 0 Å². The fraction of sp³-hybridized carbons (Fsp3) is 0.615. The molecule has 0 aliphatic carbocycles. The van der Waals surface area contributed by atoms with Crippen molar-refractivity contribution >= 4 is 5.82 Å². The van der Waals surface area contributed by atoms with Crippen molar-refractivity contribution in [2.45, 2.75) is 19.8 Å². The lowest BCUT2D eigenvalue weighted by Gasteiger charge is -2.39. The number of hydrogen-bond donors (Lipinski definition) is 1. The van der Waals surface area contributed by atoms with Crippen molar-refractivity contribution in [2.75, 3.05) is 31.6 Å². The second-order valence-electron chi connectivity index (χ2n) is 5.03. The third kappa shape index (κ3) is 2.52. The molecule has 0 aromatic carbocycles. The average molecular weight is 235 g/mol. The fourth-order valence-electron chi connectivity index (χ4n) is 2.24. The van der Waals surface area contributed by atoms with Crippen molar-refractivity contribution in [3.63, 3.8) is 0 Å². The van der Waals surface area contributed by atoms with Gasteiger partial charge >= 0.3 is 0 Å². The van der Waals surface area contributed by atoms with Gasteiger partial charge in [-0.15, -0.1) is 0 Å². The Morgan fingerprint density at radius 1 is 1.47 bits per heavy atom. The molecular weight excluding hydrogens is 214 g/mol. The maximum atomic E-state index is 5.82. The molecule has 1 fully saturated rings. The van der Waals surface area contributed by atoms with Gasteiger partial charge in [0.1, 0.15) is 0 Å². The van der Waals surface area contributed by atoms with E-state index in [1.54, 1.807) is 7.11 Å². The summed E-state index contributed by atoms with van der Waals surface area (Å²) in [6, 6.07) is 3.86. The highest BCUT2D eigenvalue weighted by Crippen LogP contribution is 2.34. The summed E-state index contributed by atoms with van der Waals surface area (Å²) >= 11 is 0. The Kier molecular flexibility index (Phi) is 3.52. The standard InChI is InChI=1S/C13H21N3O/c1-13(10-14)5-8-16(9-6-13)12-11(17-2)4-3-7-15-12/h3-4,7H,5-6,8-10,14H2,1-2H3. The van der Waals surface area contributed by atoms with E-state index in [-0.39, 0.29) is 0 Å². The number of rotatable bonds is 3. The summed E-state index contributed by atoms with van der Waals surface area (Å²) in [5.74, 6) is 1.80. The molecule has 0 spiro atoms. The highest BCUT2D eigenvalue weighted by molar-refractivity contribution is 5.52. The largest absolute Gasteiger partial charge is 0.493 e. The van der Waals surface area contributed by atoms with Crippen LogP contribution >= 0.6 is 0 Å². The first-order valence-corrected chi connectivity index (χ1v) is 6.12. The van der Waals surface area contributed by atoms with Crippen molar-refractivity contribution < 1.29 is 4.74 Å². The zero-order valence-electron chi connectivity index (χ0n) is 10.6. The molecule has 4 heteroatoms. The summed E-state index contributed by atoms with van der Waals surface area (Å²) < 4.78 is 5.35. The van der Waals surface area contributed by atoms with E-state index >= 15 is 0 Å². The number of methoxy groups -OCH3 is 1. The quantitative estimate of drug-likeness (QED) is 0.865. The highest BCUT2D eigenvalue weighted by Gasteiger charge is 2.29. The van der Waals surface area contributed by atoms with Crippen LogP contribution in [0.25, 0.3) is 0 Å². The van der Waals surface area contributed by atoms with Gasteiger partial charge in [0.05, 0.1) is 7.11 Å². The number of aromatic nitrogens is 1. The Hall–Kier alpha value is -1.29. The summed E-state index contributed by atoms with van der Waals surface area (Å²) in [5, 5.41) is 0. The molecule has 1 aliphatic heterocycles. The minimum absolute atomic E-state index is 0.290. The van der Waals surface area contributed by atoms with Crippen LogP contribution in [0, 0.1) is 5.41 Å². The first-order chi connectivity index (χ1) is 8.18. The number of piperidine rings is 1. The predicted octanol–water partition coefficient (Wildman–Crippen LogP) is 1.66. The second kappa shape index (κ2) is 4.92. The van der Waals surface area contributed by atoms with E-state index < -0.39 is 0 Å². The van der Waals surface area contributed by atoms with Crippen LogP contribution in [0.3, 0.4) is 0 Å². The van der Waals surface area contributed by atoms with E-state index in [1.807, 2.05) is 18.3 Å². The zero-order valence-corrected chi connectivity index (χ0v) is 10.6. The van der Waals surface area contributed by atoms with Crippen LogP contribution < -0.4 is 15.4 Å². The van der Waals surface area contributed by atoms with Crippen LogP contribution in [0.15, 0.2) is 18.3 Å². The summed E-state index contributed by atoms with van der Waals surface area (Å²) in [5.41, 5.74) is 6.11. The summed E-state index contributed by atoms with van der Waals surface area (Å²) in [6.45, 7) is 5.03. The van der Waals surface area contributed by atoms with Gasteiger partial charge < -0.3 is 15.4 Å². The average Bonchev–Trinajstić information content (AvgIpc) is 2.40. The monoisotopic (exact) mass is 235 g/mol. The number of nitrogens with two attached hydrogens (primary N) is 1. The molecule has 1 aliphatic rings. The zero-order chi connectivity index (χ0) is 12.3. The van der Waals surface area contributed by atoms with Crippen LogP contribution in [-0.4, -0.2) is 31.7 Å². The molecule has 0 atom stereocenters. The summed E-state index contributed by atoms with van der Waals surface area (Å²) in [6.07, 6.45) is 4.04. The third-order valence-corrected chi connectivity index (χ3v) is 3.73. The van der Waals surface area contributed by atoms with E-state index in [0.29, 0.717) is 5.41 Å². The van der Waals surface area contributed by atoms with Crippen molar-refractivity contribution in [2.24, 2.45) is 11.1 Å². The van der Waals surface area contributed by atoms with E-state index in [2.05, 4.69) is 16.8 Å². The van der Waals surface area contributed by atoms with E-state index in [0.717, 1.165) is 44.0 Å². The topological polar surface area (TPSA) is 51.4 Å². The number of anilines is 1. The Morgan fingerprint density at radius 3 is 2.76 bits per heavy atom. The van der Waals surface area contributed by atoms with Crippen molar-refractivity contribution in [1.82, 2.24) is 4.98 Å². The molecule has 0 radical (unpaired) electrons. The van der Waals surface area contributed by atoms with Gasteiger partial charge in [0.15, 0.2) is 11.6 Å². The van der Waals surface area contributed by atoms with Gasteiger partial charge in [-0.2, -0.15) is 0 Å². The van der Waals surface area contributed by atoms with Gasteiger partial charge in [0.25, 0.3) is 0 Å². The molecule has 2 rings (SSSR count). The molecule has 2 heterocycles. The lowest BCUT2D eigenvalue weighted by Crippen LogP contribution is -2.42. The second-order valence-corrected chi connectivity index (χ2v) is 5.03. The molecule has 94 valence electrons. The molecular formula is C13H21N3O. The maximum Gasteiger partial charge on any atom is 0.171 e. The SMILES string of the molecule is COc1cccnc1N1CCC(C)(CN)CC1. The molecule has 0 saturated carbocycles. The predicted molar refractivity (Wildman–Crippen MR) is 69.4 cm³/mol. The van der Waals surface area contributed by atoms with E-state index in [9.17, 15) is 0 Å². The Labute approximate surface area is 103 Å². The molecule has 0 bridgehead atoms. The first-order valence-electron chi connectivity index (χ1n) is 6.12. The van der Waals surface area contributed by atoms with Gasteiger partial charge in [-0.25, -0.2) is 4.98 Å². The smallest absolute Gasteiger partial charge is 0.171 e. The number of hydrogen-bond acceptors (Lipinski definition) is 4. The fourth-order valence-corrected chi connectivity index (χ4v) is 2.24. The Morgan fingerprint density at radius 2 is 2.18 bits per heavy atom. The normalized spacial score (nSPS) is 19.1. The Bertz CT molecular complexity index is 373.